The van der Waals surface area contributed by atoms with Gasteiger partial charge >= 0.3 is 5.97 Å². The van der Waals surface area contributed by atoms with E-state index in [1.165, 1.54) is 38.2 Å². The van der Waals surface area contributed by atoms with E-state index < -0.39 is 29.2 Å². The Balaban J connectivity index is 1.84. The van der Waals surface area contributed by atoms with E-state index in [0.29, 0.717) is 34.0 Å². The summed E-state index contributed by atoms with van der Waals surface area (Å²) in [6.45, 7) is 10.1. The van der Waals surface area contributed by atoms with Crippen molar-refractivity contribution in [2.24, 2.45) is 0 Å². The number of ether oxygens (including phenoxy) is 1. The van der Waals surface area contributed by atoms with Crippen LogP contribution >= 0.6 is 11.6 Å². The van der Waals surface area contributed by atoms with Gasteiger partial charge in [0, 0.05) is 35.6 Å². The van der Waals surface area contributed by atoms with E-state index >= 15 is 4.39 Å². The Bertz CT molecular complexity index is 1620. The van der Waals surface area contributed by atoms with Crippen LogP contribution in [0.25, 0.3) is 16.6 Å². The van der Waals surface area contributed by atoms with Gasteiger partial charge in [-0.1, -0.05) is 24.6 Å². The molecule has 1 aromatic carbocycles. The second-order valence-electron chi connectivity index (χ2n) is 10.3. The van der Waals surface area contributed by atoms with Crippen LogP contribution in [-0.2, 0) is 4.79 Å². The Labute approximate surface area is 235 Å². The van der Waals surface area contributed by atoms with E-state index in [0.717, 1.165) is 0 Å². The SMILES string of the molecule is Cc1nc([C@@H](C)c2cc(Cl)c(F)c(-c3ccc(C(=O)NC(C)(C)C(=O)O)nc3)c2OC(C)C)n2ccnc(N)c12. The number of aromatic nitrogens is 4. The number of aryl methyl sites for hydroxylation is 1. The summed E-state index contributed by atoms with van der Waals surface area (Å²) in [6, 6.07) is 4.41. The van der Waals surface area contributed by atoms with Crippen molar-refractivity contribution in [3.8, 4) is 16.9 Å². The molecule has 0 saturated carbocycles. The van der Waals surface area contributed by atoms with Crippen LogP contribution in [0, 0.1) is 12.7 Å². The Morgan fingerprint density at radius 2 is 1.93 bits per heavy atom. The zero-order valence-corrected chi connectivity index (χ0v) is 23.7. The van der Waals surface area contributed by atoms with E-state index in [2.05, 4.69) is 15.3 Å². The fraction of sp³-hybridized carbons (Fsp3) is 0.321. The fourth-order valence-corrected chi connectivity index (χ4v) is 4.57. The number of hydrogen-bond acceptors (Lipinski definition) is 7. The molecule has 0 saturated heterocycles. The lowest BCUT2D eigenvalue weighted by molar-refractivity contribution is -0.143. The fourth-order valence-electron chi connectivity index (χ4n) is 4.36. The van der Waals surface area contributed by atoms with Gasteiger partial charge in [-0.3, -0.25) is 14.2 Å². The maximum absolute atomic E-state index is 15.7. The third kappa shape index (κ3) is 5.29. The number of halogens is 2. The lowest BCUT2D eigenvalue weighted by Crippen LogP contribution is -2.49. The number of rotatable bonds is 8. The second-order valence-corrected chi connectivity index (χ2v) is 10.7. The predicted molar refractivity (Wildman–Crippen MR) is 149 cm³/mol. The molecule has 1 atom stereocenters. The lowest BCUT2D eigenvalue weighted by Gasteiger charge is -2.23. The summed E-state index contributed by atoms with van der Waals surface area (Å²) in [6.07, 6.45) is 4.34. The minimum Gasteiger partial charge on any atom is -0.490 e. The highest BCUT2D eigenvalue weighted by atomic mass is 35.5. The maximum atomic E-state index is 15.7. The summed E-state index contributed by atoms with van der Waals surface area (Å²) >= 11 is 6.41. The number of nitrogens with one attached hydrogen (secondary N) is 1. The van der Waals surface area contributed by atoms with Crippen molar-refractivity contribution in [2.75, 3.05) is 5.73 Å². The van der Waals surface area contributed by atoms with Gasteiger partial charge in [-0.05, 0) is 46.8 Å². The second kappa shape index (κ2) is 10.7. The molecule has 0 bridgehead atoms. The molecular weight excluding hydrogens is 539 g/mol. The van der Waals surface area contributed by atoms with Crippen LogP contribution in [0.15, 0.2) is 36.8 Å². The van der Waals surface area contributed by atoms with Crippen molar-refractivity contribution in [3.63, 3.8) is 0 Å². The van der Waals surface area contributed by atoms with E-state index in [1.807, 2.05) is 32.1 Å². The molecule has 3 heterocycles. The van der Waals surface area contributed by atoms with Crippen LogP contribution in [0.5, 0.6) is 5.75 Å². The molecule has 40 heavy (non-hydrogen) atoms. The molecule has 4 rings (SSSR count). The van der Waals surface area contributed by atoms with Crippen molar-refractivity contribution >= 4 is 34.8 Å². The normalized spacial score (nSPS) is 12.5. The Kier molecular flexibility index (Phi) is 7.71. The number of pyridine rings is 1. The highest BCUT2D eigenvalue weighted by molar-refractivity contribution is 6.31. The number of nitrogens with two attached hydrogens (primary N) is 1. The topological polar surface area (TPSA) is 145 Å². The number of benzene rings is 1. The van der Waals surface area contributed by atoms with E-state index in [-0.39, 0.29) is 28.1 Å². The molecule has 0 unspecified atom stereocenters. The third-order valence-corrected chi connectivity index (χ3v) is 6.71. The predicted octanol–water partition coefficient (Wildman–Crippen LogP) is 5.01. The number of carbonyl (C=O) groups excluding carboxylic acids is 1. The highest BCUT2D eigenvalue weighted by Crippen LogP contribution is 2.44. The lowest BCUT2D eigenvalue weighted by atomic mass is 9.93. The number of nitrogen functional groups attached to an aromatic ring is 1. The van der Waals surface area contributed by atoms with Gasteiger partial charge in [-0.25, -0.2) is 19.2 Å². The number of carboxylic acids is 1. The van der Waals surface area contributed by atoms with Crippen LogP contribution in [0.1, 0.15) is 68.1 Å². The summed E-state index contributed by atoms with van der Waals surface area (Å²) < 4.78 is 23.7. The van der Waals surface area contributed by atoms with Gasteiger partial charge in [0.2, 0.25) is 0 Å². The zero-order chi connectivity index (χ0) is 29.5. The zero-order valence-electron chi connectivity index (χ0n) is 22.9. The highest BCUT2D eigenvalue weighted by Gasteiger charge is 2.31. The van der Waals surface area contributed by atoms with Gasteiger partial charge in [-0.2, -0.15) is 0 Å². The molecule has 0 aliphatic carbocycles. The number of amides is 1. The van der Waals surface area contributed by atoms with Crippen molar-refractivity contribution < 1.29 is 23.8 Å². The Hall–Kier alpha value is -4.25. The van der Waals surface area contributed by atoms with Crippen molar-refractivity contribution in [2.45, 2.75) is 59.1 Å². The number of anilines is 1. The first kappa shape index (κ1) is 28.8. The van der Waals surface area contributed by atoms with Gasteiger partial charge in [0.25, 0.3) is 5.91 Å². The van der Waals surface area contributed by atoms with Crippen molar-refractivity contribution in [1.82, 2.24) is 24.7 Å². The van der Waals surface area contributed by atoms with E-state index in [1.54, 1.807) is 12.4 Å². The van der Waals surface area contributed by atoms with Gasteiger partial charge in [0.05, 0.1) is 22.4 Å². The first-order valence-electron chi connectivity index (χ1n) is 12.5. The maximum Gasteiger partial charge on any atom is 0.328 e. The van der Waals surface area contributed by atoms with Gasteiger partial charge in [0.1, 0.15) is 34.1 Å². The largest absolute Gasteiger partial charge is 0.490 e. The molecule has 0 fully saturated rings. The molecule has 10 nitrogen and oxygen atoms in total. The minimum atomic E-state index is -1.50. The van der Waals surface area contributed by atoms with Crippen LogP contribution in [0.2, 0.25) is 5.02 Å². The Morgan fingerprint density at radius 1 is 1.23 bits per heavy atom. The number of hydrogen-bond donors (Lipinski definition) is 3. The van der Waals surface area contributed by atoms with Crippen molar-refractivity contribution in [1.29, 1.82) is 0 Å². The molecule has 0 aliphatic rings. The molecule has 0 radical (unpaired) electrons. The van der Waals surface area contributed by atoms with E-state index in [9.17, 15) is 14.7 Å². The molecule has 0 spiro atoms. The smallest absolute Gasteiger partial charge is 0.328 e. The summed E-state index contributed by atoms with van der Waals surface area (Å²) in [4.78, 5) is 37.0. The van der Waals surface area contributed by atoms with Gasteiger partial charge in [0.15, 0.2) is 5.82 Å². The summed E-state index contributed by atoms with van der Waals surface area (Å²) in [5, 5.41) is 11.6. The average molecular weight is 569 g/mol. The number of carboxylic acid groups (broad SMARTS) is 1. The van der Waals surface area contributed by atoms with Crippen molar-refractivity contribution in [3.05, 3.63) is 70.4 Å². The molecule has 4 N–H and O–H groups in total. The Morgan fingerprint density at radius 3 is 2.52 bits per heavy atom. The third-order valence-electron chi connectivity index (χ3n) is 6.44. The number of nitrogens with zero attached hydrogens (tertiary/aromatic N) is 4. The average Bonchev–Trinajstić information content (AvgIpc) is 3.23. The van der Waals surface area contributed by atoms with E-state index in [4.69, 9.17) is 27.1 Å². The first-order valence-corrected chi connectivity index (χ1v) is 12.9. The standard InChI is InChI=1S/C28H30ClFN6O4/c1-13(2)40-23-17(14(3)25-34-15(4)22-24(31)32-9-10-36(22)25)11-18(29)21(30)20(23)16-7-8-19(33-12-16)26(37)35-28(5,6)27(38)39/h7-14H,1-6H3,(H2,31,32)(H,35,37)(H,38,39)/t14-/m0/s1. The van der Waals surface area contributed by atoms with Crippen LogP contribution < -0.4 is 15.8 Å². The summed E-state index contributed by atoms with van der Waals surface area (Å²) in [5.41, 5.74) is 6.90. The number of aliphatic carboxylic acids is 1. The van der Waals surface area contributed by atoms with Gasteiger partial charge in [-0.15, -0.1) is 0 Å². The molecule has 3 aromatic heterocycles. The first-order chi connectivity index (χ1) is 18.7. The number of carbonyl (C=O) groups is 2. The monoisotopic (exact) mass is 568 g/mol. The quantitative estimate of drug-likeness (QED) is 0.269. The van der Waals surface area contributed by atoms with Crippen LogP contribution in [0.4, 0.5) is 10.2 Å². The number of fused-ring (bicyclic) bond motifs is 1. The molecule has 4 aromatic rings. The number of imidazole rings is 1. The molecule has 12 heteroatoms. The summed E-state index contributed by atoms with van der Waals surface area (Å²) in [5.74, 6) is -1.78. The minimum absolute atomic E-state index is 0.0361. The van der Waals surface area contributed by atoms with Gasteiger partial charge < -0.3 is 20.9 Å². The summed E-state index contributed by atoms with van der Waals surface area (Å²) in [7, 11) is 0. The van der Waals surface area contributed by atoms with Crippen LogP contribution in [0.3, 0.4) is 0 Å². The molecule has 210 valence electrons. The molecule has 0 aliphatic heterocycles. The molecule has 1 amide bonds. The van der Waals surface area contributed by atoms with Crippen LogP contribution in [-0.4, -0.2) is 48.0 Å². The molecular formula is C28H30ClFN6O4.